The minimum absolute atomic E-state index is 0.415. The Hall–Kier alpha value is -0.380. The number of thiophene rings is 1. The zero-order valence-electron chi connectivity index (χ0n) is 8.09. The van der Waals surface area contributed by atoms with Crippen LogP contribution in [0.4, 0.5) is 0 Å². The van der Waals surface area contributed by atoms with Crippen molar-refractivity contribution in [2.24, 2.45) is 0 Å². The monoisotopic (exact) mass is 197 g/mol. The molecule has 72 valence electrons. The maximum absolute atomic E-state index is 5.44. The molecule has 1 fully saturated rings. The van der Waals surface area contributed by atoms with Gasteiger partial charge in [-0.25, -0.2) is 0 Å². The summed E-state index contributed by atoms with van der Waals surface area (Å²) in [5.41, 5.74) is 1.42. The van der Waals surface area contributed by atoms with Gasteiger partial charge in [0, 0.05) is 16.3 Å². The minimum Gasteiger partial charge on any atom is -0.378 e. The van der Waals surface area contributed by atoms with E-state index in [0.29, 0.717) is 6.04 Å². The molecule has 1 aromatic rings. The second-order valence-electron chi connectivity index (χ2n) is 3.45. The second kappa shape index (κ2) is 3.78. The smallest absolute Gasteiger partial charge is 0.0662 e. The quantitative estimate of drug-likeness (QED) is 0.743. The van der Waals surface area contributed by atoms with Crippen molar-refractivity contribution in [3.63, 3.8) is 0 Å². The third kappa shape index (κ3) is 1.93. The first-order valence-corrected chi connectivity index (χ1v) is 5.47. The Bertz CT molecular complexity index is 289. The van der Waals surface area contributed by atoms with Gasteiger partial charge in [0.25, 0.3) is 0 Å². The third-order valence-corrected chi connectivity index (χ3v) is 3.36. The molecular weight excluding hydrogens is 182 g/mol. The van der Waals surface area contributed by atoms with Gasteiger partial charge in [0.15, 0.2) is 0 Å². The fourth-order valence-electron chi connectivity index (χ4n) is 1.76. The van der Waals surface area contributed by atoms with E-state index < -0.39 is 0 Å². The molecule has 1 saturated heterocycles. The average Bonchev–Trinajstić information content (AvgIpc) is 2.47. The first kappa shape index (κ1) is 9.19. The van der Waals surface area contributed by atoms with Crippen molar-refractivity contribution >= 4 is 11.3 Å². The number of nitrogens with one attached hydrogen (secondary N) is 1. The number of hydrogen-bond acceptors (Lipinski definition) is 3. The van der Waals surface area contributed by atoms with Crippen molar-refractivity contribution in [1.82, 2.24) is 5.32 Å². The van der Waals surface area contributed by atoms with Gasteiger partial charge in [-0.2, -0.15) is 0 Å². The van der Waals surface area contributed by atoms with E-state index in [4.69, 9.17) is 4.74 Å². The number of hydrogen-bond donors (Lipinski definition) is 1. The average molecular weight is 197 g/mol. The summed E-state index contributed by atoms with van der Waals surface area (Å²) in [6.07, 6.45) is 0. The lowest BCUT2D eigenvalue weighted by molar-refractivity contribution is 0.0768. The fourth-order valence-corrected chi connectivity index (χ4v) is 2.75. The van der Waals surface area contributed by atoms with Crippen LogP contribution in [0.2, 0.25) is 0 Å². The highest BCUT2D eigenvalue weighted by Crippen LogP contribution is 2.27. The highest BCUT2D eigenvalue weighted by atomic mass is 32.1. The van der Waals surface area contributed by atoms with Crippen LogP contribution in [0, 0.1) is 13.8 Å². The molecule has 13 heavy (non-hydrogen) atoms. The summed E-state index contributed by atoms with van der Waals surface area (Å²) in [6.45, 7) is 6.98. The summed E-state index contributed by atoms with van der Waals surface area (Å²) >= 11 is 1.87. The molecule has 3 heteroatoms. The highest BCUT2D eigenvalue weighted by molar-refractivity contribution is 7.12. The molecule has 1 N–H and O–H groups in total. The molecule has 1 aromatic heterocycles. The zero-order chi connectivity index (χ0) is 9.26. The molecule has 2 nitrogen and oxygen atoms in total. The summed E-state index contributed by atoms with van der Waals surface area (Å²) in [5, 5.41) is 3.47. The number of aryl methyl sites for hydroxylation is 2. The second-order valence-corrected chi connectivity index (χ2v) is 4.91. The van der Waals surface area contributed by atoms with Gasteiger partial charge in [-0.3, -0.25) is 0 Å². The Morgan fingerprint density at radius 1 is 1.54 bits per heavy atom. The van der Waals surface area contributed by atoms with Crippen molar-refractivity contribution in [2.75, 3.05) is 19.8 Å². The molecule has 0 bridgehead atoms. The maximum Gasteiger partial charge on any atom is 0.0662 e. The van der Waals surface area contributed by atoms with Gasteiger partial charge in [0.05, 0.1) is 19.3 Å². The minimum atomic E-state index is 0.415. The molecule has 1 atom stereocenters. The Kier molecular flexibility index (Phi) is 2.67. The van der Waals surface area contributed by atoms with Gasteiger partial charge in [-0.05, 0) is 25.5 Å². The van der Waals surface area contributed by atoms with Gasteiger partial charge in [-0.15, -0.1) is 11.3 Å². The molecule has 1 aliphatic rings. The molecule has 2 heterocycles. The first-order chi connectivity index (χ1) is 6.27. The molecule has 0 radical (unpaired) electrons. The third-order valence-electron chi connectivity index (χ3n) is 2.38. The Morgan fingerprint density at radius 3 is 2.92 bits per heavy atom. The lowest BCUT2D eigenvalue weighted by Gasteiger charge is -2.23. The zero-order valence-corrected chi connectivity index (χ0v) is 8.91. The number of rotatable bonds is 1. The Balaban J connectivity index is 2.18. The van der Waals surface area contributed by atoms with Crippen molar-refractivity contribution < 1.29 is 4.74 Å². The van der Waals surface area contributed by atoms with Crippen LogP contribution in [-0.4, -0.2) is 19.8 Å². The maximum atomic E-state index is 5.44. The lowest BCUT2D eigenvalue weighted by atomic mass is 10.1. The van der Waals surface area contributed by atoms with Crippen LogP contribution in [0.25, 0.3) is 0 Å². The summed E-state index contributed by atoms with van der Waals surface area (Å²) in [7, 11) is 0. The molecule has 2 rings (SSSR count). The van der Waals surface area contributed by atoms with E-state index in [1.165, 1.54) is 15.3 Å². The molecule has 0 saturated carbocycles. The lowest BCUT2D eigenvalue weighted by Crippen LogP contribution is -2.34. The van der Waals surface area contributed by atoms with E-state index in [1.807, 2.05) is 11.3 Å². The van der Waals surface area contributed by atoms with Crippen LogP contribution < -0.4 is 5.32 Å². The number of ether oxygens (including phenoxy) is 1. The first-order valence-electron chi connectivity index (χ1n) is 4.65. The predicted octanol–water partition coefficient (Wildman–Crippen LogP) is 2.03. The van der Waals surface area contributed by atoms with Crippen LogP contribution in [0.1, 0.15) is 21.4 Å². The van der Waals surface area contributed by atoms with Gasteiger partial charge in [0.2, 0.25) is 0 Å². The van der Waals surface area contributed by atoms with Gasteiger partial charge in [-0.1, -0.05) is 0 Å². The van der Waals surface area contributed by atoms with E-state index in [1.54, 1.807) is 0 Å². The van der Waals surface area contributed by atoms with Gasteiger partial charge < -0.3 is 10.1 Å². The standard InChI is InChI=1S/C10H15NOS/c1-7-5-9(8(2)13-7)10-6-12-4-3-11-10/h5,10-11H,3-4,6H2,1-2H3. The van der Waals surface area contributed by atoms with E-state index in [9.17, 15) is 0 Å². The fraction of sp³-hybridized carbons (Fsp3) is 0.600. The summed E-state index contributed by atoms with van der Waals surface area (Å²) in [5.74, 6) is 0. The topological polar surface area (TPSA) is 21.3 Å². The van der Waals surface area contributed by atoms with E-state index in [0.717, 1.165) is 19.8 Å². The molecule has 0 aromatic carbocycles. The molecular formula is C10H15NOS. The molecule has 0 aliphatic carbocycles. The predicted molar refractivity (Wildman–Crippen MR) is 55.4 cm³/mol. The summed E-state index contributed by atoms with van der Waals surface area (Å²) < 4.78 is 5.44. The molecule has 0 spiro atoms. The van der Waals surface area contributed by atoms with Crippen LogP contribution >= 0.6 is 11.3 Å². The molecule has 0 amide bonds. The van der Waals surface area contributed by atoms with Crippen molar-refractivity contribution in [3.8, 4) is 0 Å². The SMILES string of the molecule is Cc1cc(C2COCCN2)c(C)s1. The van der Waals surface area contributed by atoms with Crippen LogP contribution in [0.5, 0.6) is 0 Å². The Labute approximate surface area is 82.9 Å². The molecule has 1 unspecified atom stereocenters. The number of morpholine rings is 1. The van der Waals surface area contributed by atoms with Crippen molar-refractivity contribution in [3.05, 3.63) is 21.4 Å². The van der Waals surface area contributed by atoms with Gasteiger partial charge >= 0.3 is 0 Å². The van der Waals surface area contributed by atoms with Crippen LogP contribution in [-0.2, 0) is 4.74 Å². The Morgan fingerprint density at radius 2 is 2.38 bits per heavy atom. The van der Waals surface area contributed by atoms with Crippen LogP contribution in [0.15, 0.2) is 6.07 Å². The van der Waals surface area contributed by atoms with Crippen molar-refractivity contribution in [1.29, 1.82) is 0 Å². The van der Waals surface area contributed by atoms with E-state index in [2.05, 4.69) is 25.2 Å². The van der Waals surface area contributed by atoms with E-state index in [-0.39, 0.29) is 0 Å². The van der Waals surface area contributed by atoms with E-state index >= 15 is 0 Å². The molecule has 1 aliphatic heterocycles. The normalized spacial score (nSPS) is 23.4. The highest BCUT2D eigenvalue weighted by Gasteiger charge is 2.18. The van der Waals surface area contributed by atoms with Crippen molar-refractivity contribution in [2.45, 2.75) is 19.9 Å². The van der Waals surface area contributed by atoms with Gasteiger partial charge in [0.1, 0.15) is 0 Å². The summed E-state index contributed by atoms with van der Waals surface area (Å²) in [4.78, 5) is 2.81. The summed E-state index contributed by atoms with van der Waals surface area (Å²) in [6, 6.07) is 2.69. The largest absolute Gasteiger partial charge is 0.378 e. The van der Waals surface area contributed by atoms with Crippen LogP contribution in [0.3, 0.4) is 0 Å².